The molecule has 1 aliphatic rings. The number of anilines is 1. The maximum Gasteiger partial charge on any atom is 0.306 e. The monoisotopic (exact) mass is 317 g/mol. The van der Waals surface area contributed by atoms with E-state index < -0.39 is 0 Å². The van der Waals surface area contributed by atoms with E-state index in [0.717, 1.165) is 28.8 Å². The van der Waals surface area contributed by atoms with Crippen LogP contribution in [0, 0.1) is 26.7 Å². The lowest BCUT2D eigenvalue weighted by atomic mass is 10.0. The number of esters is 1. The highest BCUT2D eigenvalue weighted by atomic mass is 16.5. The van der Waals surface area contributed by atoms with Crippen LogP contribution in [0.15, 0.2) is 12.1 Å². The van der Waals surface area contributed by atoms with Gasteiger partial charge < -0.3 is 10.1 Å². The molecule has 4 nitrogen and oxygen atoms in total. The van der Waals surface area contributed by atoms with Crippen LogP contribution in [0.5, 0.6) is 0 Å². The molecule has 1 fully saturated rings. The molecule has 0 unspecified atom stereocenters. The summed E-state index contributed by atoms with van der Waals surface area (Å²) in [7, 11) is 0. The molecule has 1 amide bonds. The number of rotatable bonds is 6. The summed E-state index contributed by atoms with van der Waals surface area (Å²) < 4.78 is 5.09. The molecule has 0 aliphatic heterocycles. The molecular weight excluding hydrogens is 290 g/mol. The molecule has 1 aromatic carbocycles. The first-order chi connectivity index (χ1) is 11.0. The van der Waals surface area contributed by atoms with E-state index in [1.54, 1.807) is 0 Å². The van der Waals surface area contributed by atoms with E-state index in [1.165, 1.54) is 25.7 Å². The molecule has 126 valence electrons. The number of hydrogen-bond acceptors (Lipinski definition) is 3. The van der Waals surface area contributed by atoms with E-state index in [0.29, 0.717) is 12.3 Å². The van der Waals surface area contributed by atoms with Crippen molar-refractivity contribution in [3.8, 4) is 0 Å². The molecule has 4 heteroatoms. The normalized spacial score (nSPS) is 14.7. The Bertz CT molecular complexity index is 551. The second-order valence-electron chi connectivity index (χ2n) is 6.67. The first-order valence-electron chi connectivity index (χ1n) is 8.49. The molecule has 0 bridgehead atoms. The fourth-order valence-electron chi connectivity index (χ4n) is 3.39. The Morgan fingerprint density at radius 2 is 1.74 bits per heavy atom. The van der Waals surface area contributed by atoms with Gasteiger partial charge in [-0.15, -0.1) is 0 Å². The average Bonchev–Trinajstić information content (AvgIpc) is 3.00. The molecule has 23 heavy (non-hydrogen) atoms. The van der Waals surface area contributed by atoms with Gasteiger partial charge in [0.1, 0.15) is 0 Å². The summed E-state index contributed by atoms with van der Waals surface area (Å²) in [5.41, 5.74) is 4.01. The summed E-state index contributed by atoms with van der Waals surface area (Å²) in [5, 5.41) is 2.84. The molecule has 1 aromatic rings. The van der Waals surface area contributed by atoms with E-state index in [4.69, 9.17) is 4.74 Å². The van der Waals surface area contributed by atoms with Crippen LogP contribution in [0.1, 0.15) is 55.2 Å². The smallest absolute Gasteiger partial charge is 0.306 e. The quantitative estimate of drug-likeness (QED) is 0.805. The number of ether oxygens (including phenoxy) is 1. The van der Waals surface area contributed by atoms with Crippen molar-refractivity contribution in [2.45, 2.75) is 59.3 Å². The van der Waals surface area contributed by atoms with Gasteiger partial charge in [0.15, 0.2) is 6.61 Å². The number of benzene rings is 1. The third kappa shape index (κ3) is 5.38. The Labute approximate surface area is 138 Å². The number of nitrogens with one attached hydrogen (secondary N) is 1. The van der Waals surface area contributed by atoms with Crippen molar-refractivity contribution < 1.29 is 14.3 Å². The number of amides is 1. The standard InChI is InChI=1S/C19H27NO3/c1-13-10-14(2)19(15(3)11-13)20-17(21)12-23-18(22)9-8-16-6-4-5-7-16/h10-11,16H,4-9,12H2,1-3H3,(H,20,21). The van der Waals surface area contributed by atoms with E-state index >= 15 is 0 Å². The molecular formula is C19H27NO3. The topological polar surface area (TPSA) is 55.4 Å². The summed E-state index contributed by atoms with van der Waals surface area (Å²) in [5.74, 6) is 0.105. The van der Waals surface area contributed by atoms with Crippen molar-refractivity contribution in [2.24, 2.45) is 5.92 Å². The highest BCUT2D eigenvalue weighted by molar-refractivity contribution is 5.94. The number of aryl methyl sites for hydroxylation is 3. The van der Waals surface area contributed by atoms with Crippen LogP contribution in [0.3, 0.4) is 0 Å². The Morgan fingerprint density at radius 1 is 1.13 bits per heavy atom. The lowest BCUT2D eigenvalue weighted by Crippen LogP contribution is -2.22. The van der Waals surface area contributed by atoms with Crippen LogP contribution in [0.25, 0.3) is 0 Å². The Hall–Kier alpha value is -1.84. The Balaban J connectivity index is 1.75. The van der Waals surface area contributed by atoms with Crippen molar-refractivity contribution in [1.29, 1.82) is 0 Å². The molecule has 0 heterocycles. The van der Waals surface area contributed by atoms with Crippen molar-refractivity contribution >= 4 is 17.6 Å². The number of hydrogen-bond donors (Lipinski definition) is 1. The minimum atomic E-state index is -0.283. The van der Waals surface area contributed by atoms with E-state index in [9.17, 15) is 9.59 Å². The Kier molecular flexibility index (Phi) is 6.20. The summed E-state index contributed by atoms with van der Waals surface area (Å²) in [6, 6.07) is 4.05. The van der Waals surface area contributed by atoms with Gasteiger partial charge in [0.2, 0.25) is 0 Å². The van der Waals surface area contributed by atoms with Crippen molar-refractivity contribution in [3.63, 3.8) is 0 Å². The minimum Gasteiger partial charge on any atom is -0.456 e. The molecule has 1 aliphatic carbocycles. The zero-order valence-electron chi connectivity index (χ0n) is 14.4. The molecule has 1 saturated carbocycles. The van der Waals surface area contributed by atoms with E-state index in [2.05, 4.69) is 5.32 Å². The molecule has 1 N–H and O–H groups in total. The summed E-state index contributed by atoms with van der Waals surface area (Å²) in [4.78, 5) is 23.7. The maximum atomic E-state index is 12.0. The van der Waals surface area contributed by atoms with Crippen LogP contribution >= 0.6 is 0 Å². The Morgan fingerprint density at radius 3 is 2.35 bits per heavy atom. The predicted octanol–water partition coefficient (Wildman–Crippen LogP) is 4.06. The first-order valence-corrected chi connectivity index (χ1v) is 8.49. The zero-order valence-corrected chi connectivity index (χ0v) is 14.4. The van der Waals surface area contributed by atoms with Crippen molar-refractivity contribution in [3.05, 3.63) is 28.8 Å². The first kappa shape index (κ1) is 17.5. The van der Waals surface area contributed by atoms with E-state index in [1.807, 2.05) is 32.9 Å². The average molecular weight is 317 g/mol. The van der Waals surface area contributed by atoms with Gasteiger partial charge in [0, 0.05) is 12.1 Å². The lowest BCUT2D eigenvalue weighted by Gasteiger charge is -2.13. The van der Waals surface area contributed by atoms with Crippen LogP contribution in [-0.2, 0) is 14.3 Å². The summed E-state index contributed by atoms with van der Waals surface area (Å²) >= 11 is 0. The highest BCUT2D eigenvalue weighted by Crippen LogP contribution is 2.28. The van der Waals surface area contributed by atoms with E-state index in [-0.39, 0.29) is 18.5 Å². The van der Waals surface area contributed by atoms with Gasteiger partial charge in [-0.2, -0.15) is 0 Å². The fourth-order valence-corrected chi connectivity index (χ4v) is 3.39. The largest absolute Gasteiger partial charge is 0.456 e. The zero-order chi connectivity index (χ0) is 16.8. The molecule has 0 radical (unpaired) electrons. The van der Waals surface area contributed by atoms with Crippen LogP contribution in [-0.4, -0.2) is 18.5 Å². The third-order valence-electron chi connectivity index (χ3n) is 4.54. The summed E-state index contributed by atoms with van der Waals surface area (Å²) in [6.45, 7) is 5.74. The van der Waals surface area contributed by atoms with Gasteiger partial charge in [0.25, 0.3) is 5.91 Å². The van der Waals surface area contributed by atoms with Gasteiger partial charge in [-0.3, -0.25) is 9.59 Å². The predicted molar refractivity (Wildman–Crippen MR) is 91.4 cm³/mol. The third-order valence-corrected chi connectivity index (χ3v) is 4.54. The highest BCUT2D eigenvalue weighted by Gasteiger charge is 2.17. The molecule has 0 atom stereocenters. The van der Waals surface area contributed by atoms with Gasteiger partial charge in [-0.1, -0.05) is 43.4 Å². The van der Waals surface area contributed by atoms with Crippen LogP contribution in [0.4, 0.5) is 5.69 Å². The van der Waals surface area contributed by atoms with Gasteiger partial charge in [-0.05, 0) is 44.2 Å². The molecule has 0 spiro atoms. The van der Waals surface area contributed by atoms with Gasteiger partial charge >= 0.3 is 5.97 Å². The second kappa shape index (κ2) is 8.14. The van der Waals surface area contributed by atoms with Crippen molar-refractivity contribution in [1.82, 2.24) is 0 Å². The summed E-state index contributed by atoms with van der Waals surface area (Å²) in [6.07, 6.45) is 6.30. The SMILES string of the molecule is Cc1cc(C)c(NC(=O)COC(=O)CCC2CCCC2)c(C)c1. The molecule has 0 saturated heterocycles. The lowest BCUT2D eigenvalue weighted by molar-refractivity contribution is -0.147. The van der Waals surface area contributed by atoms with Crippen molar-refractivity contribution in [2.75, 3.05) is 11.9 Å². The minimum absolute atomic E-state index is 0.212. The van der Waals surface area contributed by atoms with Gasteiger partial charge in [0.05, 0.1) is 0 Å². The van der Waals surface area contributed by atoms with Crippen LogP contribution < -0.4 is 5.32 Å². The molecule has 2 rings (SSSR count). The maximum absolute atomic E-state index is 12.0. The second-order valence-corrected chi connectivity index (χ2v) is 6.67. The van der Waals surface area contributed by atoms with Crippen LogP contribution in [0.2, 0.25) is 0 Å². The van der Waals surface area contributed by atoms with Gasteiger partial charge in [-0.25, -0.2) is 0 Å². The fraction of sp³-hybridized carbons (Fsp3) is 0.579. The number of carbonyl (C=O) groups is 2. The molecule has 0 aromatic heterocycles. The number of carbonyl (C=O) groups excluding carboxylic acids is 2.